The van der Waals surface area contributed by atoms with E-state index in [2.05, 4.69) is 10.6 Å². The third kappa shape index (κ3) is 6.21. The van der Waals surface area contributed by atoms with E-state index in [9.17, 15) is 9.59 Å². The molecule has 0 bridgehead atoms. The maximum Gasteiger partial charge on any atom is 0.410 e. The summed E-state index contributed by atoms with van der Waals surface area (Å²) in [7, 11) is 0. The summed E-state index contributed by atoms with van der Waals surface area (Å²) >= 11 is 6.30. The van der Waals surface area contributed by atoms with E-state index in [0.29, 0.717) is 18.1 Å². The van der Waals surface area contributed by atoms with Crippen LogP contribution in [-0.2, 0) is 9.47 Å². The van der Waals surface area contributed by atoms with Crippen molar-refractivity contribution in [2.45, 2.75) is 84.1 Å². The van der Waals surface area contributed by atoms with Crippen LogP contribution in [-0.4, -0.2) is 47.4 Å². The van der Waals surface area contributed by atoms with Gasteiger partial charge in [0, 0.05) is 35.8 Å². The molecule has 8 heteroatoms. The Bertz CT molecular complexity index is 847. The average Bonchev–Trinajstić information content (AvgIpc) is 3.08. The van der Waals surface area contributed by atoms with Crippen LogP contribution in [0.2, 0.25) is 5.02 Å². The number of carbonyl (C=O) groups excluding carboxylic acids is 2. The maximum atomic E-state index is 13.0. The van der Waals surface area contributed by atoms with Gasteiger partial charge in [-0.15, -0.1) is 0 Å². The lowest BCUT2D eigenvalue weighted by molar-refractivity contribution is 0.0197. The molecule has 1 saturated heterocycles. The number of amides is 2. The third-order valence-electron chi connectivity index (χ3n) is 5.62. The van der Waals surface area contributed by atoms with Gasteiger partial charge in [0.2, 0.25) is 0 Å². The summed E-state index contributed by atoms with van der Waals surface area (Å²) in [6, 6.07) is 5.89. The van der Waals surface area contributed by atoms with Gasteiger partial charge in [0.25, 0.3) is 0 Å². The van der Waals surface area contributed by atoms with Crippen molar-refractivity contribution in [3.8, 4) is 0 Å². The van der Waals surface area contributed by atoms with Crippen LogP contribution in [0.4, 0.5) is 15.3 Å². The predicted molar refractivity (Wildman–Crippen MR) is 126 cm³/mol. The van der Waals surface area contributed by atoms with Crippen molar-refractivity contribution in [2.75, 3.05) is 18.4 Å². The Kier molecular flexibility index (Phi) is 7.18. The molecule has 7 nitrogen and oxygen atoms in total. The fourth-order valence-electron chi connectivity index (χ4n) is 4.49. The average molecular weight is 466 g/mol. The van der Waals surface area contributed by atoms with Crippen LogP contribution < -0.4 is 10.6 Å². The number of anilines is 1. The van der Waals surface area contributed by atoms with E-state index in [1.165, 1.54) is 0 Å². The van der Waals surface area contributed by atoms with Crippen LogP contribution in [0.5, 0.6) is 0 Å². The highest BCUT2D eigenvalue weighted by molar-refractivity contribution is 6.30. The smallest absolute Gasteiger partial charge is 0.410 e. The van der Waals surface area contributed by atoms with Crippen LogP contribution in [0.1, 0.15) is 72.4 Å². The van der Waals surface area contributed by atoms with Gasteiger partial charge in [-0.05, 0) is 84.6 Å². The fraction of sp³-hybridized carbons (Fsp3) is 0.667. The zero-order chi connectivity index (χ0) is 23.7. The molecule has 2 N–H and O–H groups in total. The van der Waals surface area contributed by atoms with Gasteiger partial charge >= 0.3 is 12.2 Å². The third-order valence-corrected chi connectivity index (χ3v) is 5.86. The molecule has 32 heavy (non-hydrogen) atoms. The fourth-order valence-corrected chi connectivity index (χ4v) is 4.67. The molecule has 2 aliphatic rings. The van der Waals surface area contributed by atoms with Crippen molar-refractivity contribution < 1.29 is 19.1 Å². The van der Waals surface area contributed by atoms with Gasteiger partial charge in [-0.25, -0.2) is 9.59 Å². The lowest BCUT2D eigenvalue weighted by Gasteiger charge is -2.40. The molecule has 0 radical (unpaired) electrons. The molecule has 1 fully saturated rings. The van der Waals surface area contributed by atoms with Crippen LogP contribution in [0, 0.1) is 5.92 Å². The molecule has 0 aliphatic carbocycles. The Labute approximate surface area is 196 Å². The monoisotopic (exact) mass is 465 g/mol. The van der Waals surface area contributed by atoms with Crippen molar-refractivity contribution >= 4 is 29.5 Å². The minimum absolute atomic E-state index is 0.0800. The molecule has 3 rings (SSSR count). The van der Waals surface area contributed by atoms with E-state index in [0.717, 1.165) is 30.5 Å². The van der Waals surface area contributed by atoms with Crippen molar-refractivity contribution in [3.05, 3.63) is 28.8 Å². The Balaban J connectivity index is 1.69. The summed E-state index contributed by atoms with van der Waals surface area (Å²) in [4.78, 5) is 26.7. The largest absolute Gasteiger partial charge is 0.444 e. The summed E-state index contributed by atoms with van der Waals surface area (Å²) in [6.07, 6.45) is 1.86. The number of hydrogen-bond donors (Lipinski definition) is 2. The maximum absolute atomic E-state index is 13.0. The Hall–Kier alpha value is -2.15. The van der Waals surface area contributed by atoms with E-state index >= 15 is 0 Å². The zero-order valence-electron chi connectivity index (χ0n) is 20.0. The first-order valence-electron chi connectivity index (χ1n) is 11.4. The SMILES string of the molecule is CC(C)(C)OC(=O)NCCC[C@@H]1Nc2ccc(Cl)cc2[C@@H]2[C@H]1CCN2C(=O)OC(C)(C)C. The normalized spacial score (nSPS) is 22.5. The van der Waals surface area contributed by atoms with E-state index < -0.39 is 17.3 Å². The van der Waals surface area contributed by atoms with Gasteiger partial charge in [0.1, 0.15) is 11.2 Å². The van der Waals surface area contributed by atoms with E-state index in [1.54, 1.807) is 0 Å². The zero-order valence-corrected chi connectivity index (χ0v) is 20.7. The number of fused-ring (bicyclic) bond motifs is 3. The number of nitrogens with one attached hydrogen (secondary N) is 2. The quantitative estimate of drug-likeness (QED) is 0.554. The molecule has 0 saturated carbocycles. The summed E-state index contributed by atoms with van der Waals surface area (Å²) < 4.78 is 11.0. The highest BCUT2D eigenvalue weighted by Crippen LogP contribution is 2.48. The van der Waals surface area contributed by atoms with E-state index in [-0.39, 0.29) is 24.1 Å². The van der Waals surface area contributed by atoms with Crippen LogP contribution in [0.25, 0.3) is 0 Å². The van der Waals surface area contributed by atoms with Crippen molar-refractivity contribution in [1.29, 1.82) is 0 Å². The molecule has 0 unspecified atom stereocenters. The van der Waals surface area contributed by atoms with Gasteiger partial charge in [-0.3, -0.25) is 0 Å². The van der Waals surface area contributed by atoms with Crippen molar-refractivity contribution in [3.63, 3.8) is 0 Å². The van der Waals surface area contributed by atoms with Gasteiger partial charge in [0.15, 0.2) is 0 Å². The first-order chi connectivity index (χ1) is 14.8. The van der Waals surface area contributed by atoms with Crippen LogP contribution in [0.3, 0.4) is 0 Å². The Morgan fingerprint density at radius 2 is 1.84 bits per heavy atom. The summed E-state index contributed by atoms with van der Waals surface area (Å²) in [6.45, 7) is 12.4. The molecule has 0 aromatic heterocycles. The second-order valence-corrected chi connectivity index (χ2v) is 11.1. The van der Waals surface area contributed by atoms with Gasteiger partial charge in [-0.1, -0.05) is 11.6 Å². The van der Waals surface area contributed by atoms with Crippen molar-refractivity contribution in [1.82, 2.24) is 10.2 Å². The number of rotatable bonds is 4. The topological polar surface area (TPSA) is 79.9 Å². The molecular weight excluding hydrogens is 430 g/mol. The van der Waals surface area contributed by atoms with Gasteiger partial charge < -0.3 is 25.0 Å². The van der Waals surface area contributed by atoms with E-state index in [4.69, 9.17) is 21.1 Å². The molecule has 2 aliphatic heterocycles. The molecule has 1 aromatic carbocycles. The second kappa shape index (κ2) is 9.38. The van der Waals surface area contributed by atoms with Crippen LogP contribution >= 0.6 is 11.6 Å². The van der Waals surface area contributed by atoms with Crippen LogP contribution in [0.15, 0.2) is 18.2 Å². The number of halogens is 1. The first-order valence-corrected chi connectivity index (χ1v) is 11.7. The van der Waals surface area contributed by atoms with E-state index in [1.807, 2.05) is 64.6 Å². The minimum Gasteiger partial charge on any atom is -0.444 e. The first kappa shape index (κ1) is 24.5. The molecule has 178 valence electrons. The standard InChI is InChI=1S/C24H36ClN3O4/c1-23(2,3)31-21(29)26-12-7-8-18-16-11-13-28(22(30)32-24(4,5)6)20(16)17-14-15(25)9-10-19(17)27-18/h9-10,14,16,18,20,27H,7-8,11-13H2,1-6H3,(H,26,29)/t16-,18-,20-/m0/s1. The predicted octanol–water partition coefficient (Wildman–Crippen LogP) is 5.74. The summed E-state index contributed by atoms with van der Waals surface area (Å²) in [5.74, 6) is 0.245. The number of hydrogen-bond acceptors (Lipinski definition) is 5. The van der Waals surface area contributed by atoms with Crippen molar-refractivity contribution in [2.24, 2.45) is 5.92 Å². The van der Waals surface area contributed by atoms with Gasteiger partial charge in [0.05, 0.1) is 6.04 Å². The van der Waals surface area contributed by atoms with Gasteiger partial charge in [-0.2, -0.15) is 0 Å². The lowest BCUT2D eigenvalue weighted by Crippen LogP contribution is -2.43. The molecule has 3 atom stereocenters. The number of benzene rings is 1. The summed E-state index contributed by atoms with van der Waals surface area (Å²) in [5, 5.41) is 7.13. The number of likely N-dealkylation sites (tertiary alicyclic amines) is 1. The molecule has 1 aromatic rings. The minimum atomic E-state index is -0.550. The Morgan fingerprint density at radius 3 is 2.50 bits per heavy atom. The summed E-state index contributed by atoms with van der Waals surface area (Å²) in [5.41, 5.74) is 0.971. The molecule has 0 spiro atoms. The molecular formula is C24H36ClN3O4. The highest BCUT2D eigenvalue weighted by Gasteiger charge is 2.46. The lowest BCUT2D eigenvalue weighted by atomic mass is 9.81. The number of alkyl carbamates (subject to hydrolysis) is 1. The second-order valence-electron chi connectivity index (χ2n) is 10.6. The molecule has 2 amide bonds. The highest BCUT2D eigenvalue weighted by atomic mass is 35.5. The molecule has 2 heterocycles. The Morgan fingerprint density at radius 1 is 1.16 bits per heavy atom. The number of carbonyl (C=O) groups is 2. The number of ether oxygens (including phenoxy) is 2. The number of nitrogens with zero attached hydrogens (tertiary/aromatic N) is 1.